The van der Waals surface area contributed by atoms with E-state index in [9.17, 15) is 14.0 Å². The molecule has 5 nitrogen and oxygen atoms in total. The number of hydrogen-bond donors (Lipinski definition) is 1. The van der Waals surface area contributed by atoms with Crippen molar-refractivity contribution in [1.82, 2.24) is 4.57 Å². The number of amides is 1. The van der Waals surface area contributed by atoms with E-state index < -0.39 is 11.7 Å². The van der Waals surface area contributed by atoms with E-state index >= 15 is 0 Å². The van der Waals surface area contributed by atoms with Gasteiger partial charge in [0.25, 0.3) is 5.91 Å². The fourth-order valence-electron chi connectivity index (χ4n) is 3.52. The lowest BCUT2D eigenvalue weighted by Gasteiger charge is -2.19. The van der Waals surface area contributed by atoms with Gasteiger partial charge in [-0.15, -0.1) is 0 Å². The lowest BCUT2D eigenvalue weighted by atomic mass is 10.0. The van der Waals surface area contributed by atoms with Crippen LogP contribution in [-0.4, -0.2) is 17.6 Å². The predicted octanol–water partition coefficient (Wildman–Crippen LogP) is 4.61. The number of methoxy groups -OCH3 is 1. The van der Waals surface area contributed by atoms with Crippen molar-refractivity contribution in [3.05, 3.63) is 94.4 Å². The van der Waals surface area contributed by atoms with Gasteiger partial charge < -0.3 is 14.6 Å². The zero-order valence-electron chi connectivity index (χ0n) is 16.5. The van der Waals surface area contributed by atoms with Crippen LogP contribution < -0.4 is 15.5 Å². The van der Waals surface area contributed by atoms with Crippen molar-refractivity contribution in [1.29, 1.82) is 0 Å². The Morgan fingerprint density at radius 3 is 2.37 bits per heavy atom. The third-order valence-electron chi connectivity index (χ3n) is 5.02. The number of aromatic nitrogens is 1. The number of rotatable bonds is 4. The van der Waals surface area contributed by atoms with Crippen LogP contribution in [0.1, 0.15) is 10.4 Å². The predicted molar refractivity (Wildman–Crippen MR) is 116 cm³/mol. The van der Waals surface area contributed by atoms with Gasteiger partial charge in [0.1, 0.15) is 17.4 Å². The van der Waals surface area contributed by atoms with Crippen LogP contribution in [0.15, 0.2) is 77.6 Å². The van der Waals surface area contributed by atoms with Crippen molar-refractivity contribution in [2.24, 2.45) is 7.05 Å². The highest BCUT2D eigenvalue weighted by atomic mass is 19.1. The molecule has 0 aliphatic heterocycles. The summed E-state index contributed by atoms with van der Waals surface area (Å²) >= 11 is 0. The minimum absolute atomic E-state index is 0.220. The second kappa shape index (κ2) is 7.83. The lowest BCUT2D eigenvalue weighted by molar-refractivity contribution is 0.102. The van der Waals surface area contributed by atoms with Gasteiger partial charge in [-0.25, -0.2) is 4.39 Å². The maximum atomic E-state index is 13.5. The Kier molecular flexibility index (Phi) is 5.06. The van der Waals surface area contributed by atoms with E-state index in [4.69, 9.17) is 4.74 Å². The third-order valence-corrected chi connectivity index (χ3v) is 5.02. The first kappa shape index (κ1) is 19.4. The average Bonchev–Trinajstić information content (AvgIpc) is 2.78. The highest BCUT2D eigenvalue weighted by Crippen LogP contribution is 2.34. The molecule has 4 rings (SSSR count). The monoisotopic (exact) mass is 402 g/mol. The van der Waals surface area contributed by atoms with Gasteiger partial charge >= 0.3 is 0 Å². The Labute approximate surface area is 172 Å². The summed E-state index contributed by atoms with van der Waals surface area (Å²) in [7, 11) is 3.31. The number of benzene rings is 3. The second-order valence-electron chi connectivity index (χ2n) is 6.79. The third kappa shape index (κ3) is 3.33. The summed E-state index contributed by atoms with van der Waals surface area (Å²) in [5, 5.41) is 3.37. The molecular formula is C24H19FN2O3. The van der Waals surface area contributed by atoms with Crippen molar-refractivity contribution in [3.63, 3.8) is 0 Å². The zero-order chi connectivity index (χ0) is 21.3. The molecule has 1 heterocycles. The number of pyridine rings is 1. The minimum atomic E-state index is -0.448. The lowest BCUT2D eigenvalue weighted by Crippen LogP contribution is -2.21. The van der Waals surface area contributed by atoms with Gasteiger partial charge in [0.15, 0.2) is 5.43 Å². The summed E-state index contributed by atoms with van der Waals surface area (Å²) in [5.41, 5.74) is 1.63. The van der Waals surface area contributed by atoms with Crippen molar-refractivity contribution >= 4 is 22.6 Å². The largest absolute Gasteiger partial charge is 0.496 e. The van der Waals surface area contributed by atoms with Gasteiger partial charge in [0.05, 0.1) is 18.2 Å². The first-order valence-corrected chi connectivity index (χ1v) is 9.33. The topological polar surface area (TPSA) is 60.3 Å². The van der Waals surface area contributed by atoms with E-state index in [0.29, 0.717) is 33.6 Å². The van der Waals surface area contributed by atoms with Crippen molar-refractivity contribution in [2.75, 3.05) is 12.4 Å². The molecule has 4 aromatic rings. The van der Waals surface area contributed by atoms with Crippen LogP contribution in [-0.2, 0) is 7.05 Å². The normalized spacial score (nSPS) is 10.8. The van der Waals surface area contributed by atoms with E-state index in [1.807, 2.05) is 18.2 Å². The van der Waals surface area contributed by atoms with Crippen LogP contribution in [0, 0.1) is 5.82 Å². The number of carbonyl (C=O) groups is 1. The quantitative estimate of drug-likeness (QED) is 0.543. The van der Waals surface area contributed by atoms with E-state index in [1.54, 1.807) is 41.9 Å². The summed E-state index contributed by atoms with van der Waals surface area (Å²) in [6.45, 7) is 0. The SMILES string of the molecule is COc1ccccc1-c1c(NC(=O)c2ccc(F)cc2)n(C)c2ccccc2c1=O. The van der Waals surface area contributed by atoms with Crippen molar-refractivity contribution in [3.8, 4) is 16.9 Å². The molecule has 0 fully saturated rings. The number of carbonyl (C=O) groups excluding carboxylic acids is 1. The molecule has 0 bridgehead atoms. The fraction of sp³-hybridized carbons (Fsp3) is 0.0833. The van der Waals surface area contributed by atoms with Crippen LogP contribution in [0.3, 0.4) is 0 Å². The number of halogens is 1. The maximum absolute atomic E-state index is 13.5. The van der Waals surface area contributed by atoms with Gasteiger partial charge in [-0.1, -0.05) is 30.3 Å². The Morgan fingerprint density at radius 1 is 0.967 bits per heavy atom. The molecule has 1 N–H and O–H groups in total. The van der Waals surface area contributed by atoms with Crippen molar-refractivity contribution < 1.29 is 13.9 Å². The van der Waals surface area contributed by atoms with Crippen LogP contribution >= 0.6 is 0 Å². The standard InChI is InChI=1S/C24H19FN2O3/c1-27-19-9-5-3-7-17(19)22(28)21(18-8-4-6-10-20(18)30-2)23(27)26-24(29)15-11-13-16(25)14-12-15/h3-14H,1-2H3,(H,26,29). The molecule has 30 heavy (non-hydrogen) atoms. The molecule has 150 valence electrons. The Bertz CT molecular complexity index is 1310. The summed E-state index contributed by atoms with van der Waals surface area (Å²) in [5.74, 6) is -0.0320. The van der Waals surface area contributed by atoms with E-state index in [0.717, 1.165) is 0 Å². The molecule has 0 saturated carbocycles. The van der Waals surface area contributed by atoms with Crippen LogP contribution in [0.5, 0.6) is 5.75 Å². The molecule has 0 saturated heterocycles. The smallest absolute Gasteiger partial charge is 0.256 e. The van der Waals surface area contributed by atoms with Crippen molar-refractivity contribution in [2.45, 2.75) is 0 Å². The van der Waals surface area contributed by atoms with E-state index in [1.165, 1.54) is 31.4 Å². The van der Waals surface area contributed by atoms with Gasteiger partial charge in [0.2, 0.25) is 0 Å². The molecule has 0 radical (unpaired) electrons. The highest BCUT2D eigenvalue weighted by Gasteiger charge is 2.21. The molecule has 0 aliphatic rings. The summed E-state index contributed by atoms with van der Waals surface area (Å²) in [4.78, 5) is 26.3. The fourth-order valence-corrected chi connectivity index (χ4v) is 3.52. The van der Waals surface area contributed by atoms with Crippen LogP contribution in [0.4, 0.5) is 10.2 Å². The first-order chi connectivity index (χ1) is 14.5. The minimum Gasteiger partial charge on any atom is -0.496 e. The molecule has 0 unspecified atom stereocenters. The molecular weight excluding hydrogens is 383 g/mol. The van der Waals surface area contributed by atoms with Gasteiger partial charge in [-0.05, 0) is 42.5 Å². The van der Waals surface area contributed by atoms with Crippen LogP contribution in [0.2, 0.25) is 0 Å². The summed E-state index contributed by atoms with van der Waals surface area (Å²) < 4.78 is 20.5. The van der Waals surface area contributed by atoms with Gasteiger partial charge in [0, 0.05) is 23.6 Å². The Morgan fingerprint density at radius 2 is 1.63 bits per heavy atom. The number of aryl methyl sites for hydroxylation is 1. The molecule has 0 atom stereocenters. The molecule has 1 amide bonds. The number of hydrogen-bond acceptors (Lipinski definition) is 3. The first-order valence-electron chi connectivity index (χ1n) is 9.33. The molecule has 3 aromatic carbocycles. The van der Waals surface area contributed by atoms with Crippen LogP contribution in [0.25, 0.3) is 22.0 Å². The molecule has 0 aliphatic carbocycles. The number of nitrogens with zero attached hydrogens (tertiary/aromatic N) is 1. The number of para-hydroxylation sites is 2. The zero-order valence-corrected chi connectivity index (χ0v) is 16.5. The number of nitrogens with one attached hydrogen (secondary N) is 1. The second-order valence-corrected chi connectivity index (χ2v) is 6.79. The number of anilines is 1. The maximum Gasteiger partial charge on any atom is 0.256 e. The van der Waals surface area contributed by atoms with Gasteiger partial charge in [-0.2, -0.15) is 0 Å². The Balaban J connectivity index is 1.97. The summed E-state index contributed by atoms with van der Waals surface area (Å²) in [6, 6.07) is 19.6. The molecule has 6 heteroatoms. The molecule has 0 spiro atoms. The van der Waals surface area contributed by atoms with Gasteiger partial charge in [-0.3, -0.25) is 9.59 Å². The summed E-state index contributed by atoms with van der Waals surface area (Å²) in [6.07, 6.45) is 0. The number of ether oxygens (including phenoxy) is 1. The highest BCUT2D eigenvalue weighted by molar-refractivity contribution is 6.07. The average molecular weight is 402 g/mol. The van der Waals surface area contributed by atoms with E-state index in [2.05, 4.69) is 5.32 Å². The number of fused-ring (bicyclic) bond motifs is 1. The van der Waals surface area contributed by atoms with E-state index in [-0.39, 0.29) is 11.0 Å². The Hall–Kier alpha value is -3.93. The molecule has 1 aromatic heterocycles.